The Hall–Kier alpha value is -5.35. The molecule has 0 bridgehead atoms. The number of hydrogen-bond donors (Lipinski definition) is 0. The highest BCUT2D eigenvalue weighted by atomic mass is 16.3. The third kappa shape index (κ3) is 2.85. The van der Waals surface area contributed by atoms with Crippen LogP contribution in [0.25, 0.3) is 76.9 Å². The van der Waals surface area contributed by atoms with Crippen LogP contribution in [0, 0.1) is 0 Å². The maximum atomic E-state index is 5.68. The first kappa shape index (κ1) is 20.7. The molecule has 0 N–H and O–H groups in total. The molecule has 0 spiro atoms. The summed E-state index contributed by atoms with van der Waals surface area (Å²) in [5.74, 6) is 0. The van der Waals surface area contributed by atoms with E-state index >= 15 is 0 Å². The molecule has 0 aliphatic carbocycles. The fourth-order valence-electron chi connectivity index (χ4n) is 6.28. The number of nitrogens with zero attached hydrogens (tertiary/aromatic N) is 3. The molecule has 3 heterocycles. The van der Waals surface area contributed by atoms with Gasteiger partial charge in [-0.05, 0) is 65.4 Å². The molecular weight excluding hydrogens is 478 g/mol. The largest absolute Gasteiger partial charge is 0.443 e. The van der Waals surface area contributed by atoms with E-state index in [1.54, 1.807) is 0 Å². The van der Waals surface area contributed by atoms with Crippen molar-refractivity contribution in [3.63, 3.8) is 0 Å². The summed E-state index contributed by atoms with van der Waals surface area (Å²) in [6.07, 6.45) is 1.51. The number of rotatable bonds is 2. The van der Waals surface area contributed by atoms with Crippen LogP contribution < -0.4 is 0 Å². The van der Waals surface area contributed by atoms with E-state index in [2.05, 4.69) is 129 Å². The molecule has 3 aromatic heterocycles. The minimum atomic E-state index is 0.782. The summed E-state index contributed by atoms with van der Waals surface area (Å²) in [7, 11) is 0. The zero-order valence-corrected chi connectivity index (χ0v) is 20.9. The lowest BCUT2D eigenvalue weighted by Crippen LogP contribution is -1.95. The van der Waals surface area contributed by atoms with Crippen LogP contribution in [0.15, 0.2) is 132 Å². The number of benzene rings is 6. The van der Waals surface area contributed by atoms with Crippen molar-refractivity contribution in [2.75, 3.05) is 0 Å². The molecule has 0 saturated carbocycles. The predicted molar refractivity (Wildman–Crippen MR) is 160 cm³/mol. The van der Waals surface area contributed by atoms with E-state index in [4.69, 9.17) is 4.42 Å². The number of aromatic nitrogens is 3. The first-order valence-electron chi connectivity index (χ1n) is 13.1. The van der Waals surface area contributed by atoms with E-state index in [9.17, 15) is 0 Å². The van der Waals surface area contributed by atoms with Gasteiger partial charge in [-0.25, -0.2) is 4.98 Å². The summed E-state index contributed by atoms with van der Waals surface area (Å²) in [6, 6.07) is 43.6. The molecule has 182 valence electrons. The van der Waals surface area contributed by atoms with Crippen molar-refractivity contribution in [1.82, 2.24) is 14.1 Å². The van der Waals surface area contributed by atoms with E-state index in [-0.39, 0.29) is 0 Å². The van der Waals surface area contributed by atoms with E-state index in [0.717, 1.165) is 28.0 Å². The Morgan fingerprint density at radius 1 is 0.462 bits per heavy atom. The third-order valence-electron chi connectivity index (χ3n) is 8.01. The SMILES string of the molecule is c1ccc(-n2c3cc4ccccc4cc3c3cc4c5ccccc5n(-c5ccc6ncoc6c5)c4cc32)cc1. The summed E-state index contributed by atoms with van der Waals surface area (Å²) < 4.78 is 10.4. The number of oxazole rings is 1. The highest BCUT2D eigenvalue weighted by molar-refractivity contribution is 6.20. The van der Waals surface area contributed by atoms with Gasteiger partial charge in [-0.2, -0.15) is 0 Å². The lowest BCUT2D eigenvalue weighted by molar-refractivity contribution is 0.602. The third-order valence-corrected chi connectivity index (χ3v) is 8.01. The van der Waals surface area contributed by atoms with Crippen molar-refractivity contribution in [3.8, 4) is 11.4 Å². The van der Waals surface area contributed by atoms with E-state index in [1.165, 1.54) is 55.3 Å². The van der Waals surface area contributed by atoms with Gasteiger partial charge < -0.3 is 13.6 Å². The average molecular weight is 500 g/mol. The standard InChI is InChI=1S/C35H21N3O/c1-2-10-24(11-3-1)37-32-17-23-9-5-4-8-22(23)16-27(32)29-19-28-26-12-6-7-13-31(26)38(33(28)20-34(29)37)25-14-15-30-35(18-25)39-21-36-30/h1-21H. The lowest BCUT2D eigenvalue weighted by atomic mass is 10.0. The second-order valence-electron chi connectivity index (χ2n) is 10.1. The fraction of sp³-hybridized carbons (Fsp3) is 0. The topological polar surface area (TPSA) is 35.9 Å². The van der Waals surface area contributed by atoms with Crippen molar-refractivity contribution in [2.24, 2.45) is 0 Å². The van der Waals surface area contributed by atoms with Crippen molar-refractivity contribution in [2.45, 2.75) is 0 Å². The molecule has 0 aliphatic rings. The molecular formula is C35H21N3O. The fourth-order valence-corrected chi connectivity index (χ4v) is 6.28. The molecule has 0 atom stereocenters. The van der Waals surface area contributed by atoms with Crippen molar-refractivity contribution < 1.29 is 4.42 Å². The van der Waals surface area contributed by atoms with E-state index in [1.807, 2.05) is 6.07 Å². The monoisotopic (exact) mass is 499 g/mol. The molecule has 39 heavy (non-hydrogen) atoms. The molecule has 0 aliphatic heterocycles. The van der Waals surface area contributed by atoms with Crippen molar-refractivity contribution >= 4 is 65.5 Å². The second kappa shape index (κ2) is 7.59. The van der Waals surface area contributed by atoms with Gasteiger partial charge >= 0.3 is 0 Å². The van der Waals surface area contributed by atoms with Crippen LogP contribution in [0.1, 0.15) is 0 Å². The van der Waals surface area contributed by atoms with Crippen LogP contribution in [0.3, 0.4) is 0 Å². The van der Waals surface area contributed by atoms with Gasteiger partial charge in [0.05, 0.1) is 27.8 Å². The molecule has 6 aromatic carbocycles. The van der Waals surface area contributed by atoms with Crippen molar-refractivity contribution in [3.05, 3.63) is 128 Å². The van der Waals surface area contributed by atoms with Gasteiger partial charge in [0.1, 0.15) is 5.52 Å². The van der Waals surface area contributed by atoms with Crippen LogP contribution in [0.2, 0.25) is 0 Å². The Morgan fingerprint density at radius 2 is 1.13 bits per heavy atom. The van der Waals surface area contributed by atoms with Crippen LogP contribution in [-0.4, -0.2) is 14.1 Å². The number of fused-ring (bicyclic) bond motifs is 8. The van der Waals surface area contributed by atoms with Crippen LogP contribution in [-0.2, 0) is 0 Å². The minimum absolute atomic E-state index is 0.782. The molecule has 0 amide bonds. The van der Waals surface area contributed by atoms with E-state index < -0.39 is 0 Å². The second-order valence-corrected chi connectivity index (χ2v) is 10.1. The zero-order valence-electron chi connectivity index (χ0n) is 20.9. The van der Waals surface area contributed by atoms with Gasteiger partial charge in [-0.1, -0.05) is 60.7 Å². The van der Waals surface area contributed by atoms with Gasteiger partial charge in [0.15, 0.2) is 12.0 Å². The average Bonchev–Trinajstić information content (AvgIpc) is 3.67. The Morgan fingerprint density at radius 3 is 2.00 bits per heavy atom. The summed E-state index contributed by atoms with van der Waals surface area (Å²) in [6.45, 7) is 0. The van der Waals surface area contributed by atoms with Gasteiger partial charge in [0, 0.05) is 33.3 Å². The van der Waals surface area contributed by atoms with Gasteiger partial charge in [-0.15, -0.1) is 0 Å². The smallest absolute Gasteiger partial charge is 0.181 e. The Labute approximate surface area is 222 Å². The first-order valence-corrected chi connectivity index (χ1v) is 13.1. The van der Waals surface area contributed by atoms with E-state index in [0.29, 0.717) is 0 Å². The highest BCUT2D eigenvalue weighted by Gasteiger charge is 2.19. The number of hydrogen-bond acceptors (Lipinski definition) is 2. The van der Waals surface area contributed by atoms with Crippen LogP contribution >= 0.6 is 0 Å². The molecule has 9 aromatic rings. The molecule has 4 heteroatoms. The zero-order chi connectivity index (χ0) is 25.5. The molecule has 9 rings (SSSR count). The van der Waals surface area contributed by atoms with Gasteiger partial charge in [-0.3, -0.25) is 0 Å². The maximum absolute atomic E-state index is 5.68. The summed E-state index contributed by atoms with van der Waals surface area (Å²) >= 11 is 0. The minimum Gasteiger partial charge on any atom is -0.443 e. The molecule has 0 saturated heterocycles. The lowest BCUT2D eigenvalue weighted by Gasteiger charge is -2.10. The van der Waals surface area contributed by atoms with Crippen LogP contribution in [0.5, 0.6) is 0 Å². The molecule has 0 fully saturated rings. The Kier molecular flexibility index (Phi) is 4.02. The highest BCUT2D eigenvalue weighted by Crippen LogP contribution is 2.40. The summed E-state index contributed by atoms with van der Waals surface area (Å²) in [5, 5.41) is 7.46. The normalized spacial score (nSPS) is 12.1. The summed E-state index contributed by atoms with van der Waals surface area (Å²) in [5.41, 5.74) is 8.57. The Balaban J connectivity index is 1.48. The Bertz CT molecular complexity index is 2390. The molecule has 0 unspecified atom stereocenters. The van der Waals surface area contributed by atoms with Crippen LogP contribution in [0.4, 0.5) is 0 Å². The van der Waals surface area contributed by atoms with Crippen molar-refractivity contribution in [1.29, 1.82) is 0 Å². The number of para-hydroxylation sites is 2. The van der Waals surface area contributed by atoms with Gasteiger partial charge in [0.25, 0.3) is 0 Å². The predicted octanol–water partition coefficient (Wildman–Crippen LogP) is 9.18. The maximum Gasteiger partial charge on any atom is 0.181 e. The first-order chi connectivity index (χ1) is 19.3. The molecule has 0 radical (unpaired) electrons. The summed E-state index contributed by atoms with van der Waals surface area (Å²) in [4.78, 5) is 4.32. The molecule has 4 nitrogen and oxygen atoms in total. The van der Waals surface area contributed by atoms with Gasteiger partial charge in [0.2, 0.25) is 0 Å². The quantitative estimate of drug-likeness (QED) is 0.238.